The standard InChI is InChI=1S/C11H13FN2O/c1-8(2)7-14(3)11(15)9-5-4-6-13-10(9)12/h4-6H,1,7H2,2-3H3. The largest absolute Gasteiger partial charge is 0.338 e. The first-order valence-electron chi connectivity index (χ1n) is 4.52. The number of carbonyl (C=O) groups is 1. The molecule has 1 heterocycles. The quantitative estimate of drug-likeness (QED) is 0.561. The van der Waals surface area contributed by atoms with Crippen molar-refractivity contribution in [1.29, 1.82) is 0 Å². The first kappa shape index (κ1) is 11.4. The van der Waals surface area contributed by atoms with Gasteiger partial charge in [-0.2, -0.15) is 4.39 Å². The van der Waals surface area contributed by atoms with Gasteiger partial charge in [-0.3, -0.25) is 4.79 Å². The number of carbonyl (C=O) groups excluding carboxylic acids is 1. The van der Waals surface area contributed by atoms with Crippen molar-refractivity contribution in [2.75, 3.05) is 13.6 Å². The highest BCUT2D eigenvalue weighted by molar-refractivity contribution is 5.94. The maximum Gasteiger partial charge on any atom is 0.258 e. The molecule has 0 N–H and O–H groups in total. The van der Waals surface area contributed by atoms with E-state index in [1.54, 1.807) is 7.05 Å². The van der Waals surface area contributed by atoms with Gasteiger partial charge in [0, 0.05) is 19.8 Å². The van der Waals surface area contributed by atoms with Crippen molar-refractivity contribution < 1.29 is 9.18 Å². The lowest BCUT2D eigenvalue weighted by Crippen LogP contribution is -2.29. The molecule has 0 bridgehead atoms. The lowest BCUT2D eigenvalue weighted by Gasteiger charge is -2.16. The van der Waals surface area contributed by atoms with Gasteiger partial charge in [0.15, 0.2) is 0 Å². The van der Waals surface area contributed by atoms with Crippen molar-refractivity contribution in [3.8, 4) is 0 Å². The molecule has 0 aliphatic heterocycles. The van der Waals surface area contributed by atoms with E-state index in [-0.39, 0.29) is 11.5 Å². The first-order chi connectivity index (χ1) is 7.02. The number of hydrogen-bond donors (Lipinski definition) is 0. The molecule has 1 rings (SSSR count). The minimum Gasteiger partial charge on any atom is -0.338 e. The van der Waals surface area contributed by atoms with E-state index in [1.807, 2.05) is 6.92 Å². The zero-order valence-electron chi connectivity index (χ0n) is 8.83. The third-order valence-corrected chi connectivity index (χ3v) is 1.84. The van der Waals surface area contributed by atoms with E-state index in [0.29, 0.717) is 6.54 Å². The van der Waals surface area contributed by atoms with Crippen molar-refractivity contribution in [3.63, 3.8) is 0 Å². The van der Waals surface area contributed by atoms with Gasteiger partial charge < -0.3 is 4.90 Å². The van der Waals surface area contributed by atoms with Crippen molar-refractivity contribution in [2.45, 2.75) is 6.92 Å². The van der Waals surface area contributed by atoms with Gasteiger partial charge in [-0.15, -0.1) is 0 Å². The van der Waals surface area contributed by atoms with Crippen LogP contribution in [0, 0.1) is 5.95 Å². The lowest BCUT2D eigenvalue weighted by atomic mass is 10.2. The Kier molecular flexibility index (Phi) is 3.55. The van der Waals surface area contributed by atoms with Gasteiger partial charge in [-0.25, -0.2) is 4.98 Å². The van der Waals surface area contributed by atoms with Crippen LogP contribution >= 0.6 is 0 Å². The molecule has 0 aliphatic carbocycles. The topological polar surface area (TPSA) is 33.2 Å². The molecular formula is C11H13FN2O. The molecule has 0 aromatic carbocycles. The Balaban J connectivity index is 2.85. The lowest BCUT2D eigenvalue weighted by molar-refractivity contribution is 0.0801. The summed E-state index contributed by atoms with van der Waals surface area (Å²) in [5.74, 6) is -1.13. The summed E-state index contributed by atoms with van der Waals surface area (Å²) in [6.07, 6.45) is 1.31. The van der Waals surface area contributed by atoms with E-state index in [4.69, 9.17) is 0 Å². The molecule has 3 nitrogen and oxygen atoms in total. The molecule has 0 spiro atoms. The number of amides is 1. The van der Waals surface area contributed by atoms with Crippen molar-refractivity contribution in [3.05, 3.63) is 42.0 Å². The van der Waals surface area contributed by atoms with E-state index in [9.17, 15) is 9.18 Å². The maximum atomic E-state index is 13.2. The molecule has 0 fully saturated rings. The van der Waals surface area contributed by atoms with Gasteiger partial charge in [-0.05, 0) is 19.1 Å². The second-order valence-electron chi connectivity index (χ2n) is 3.46. The van der Waals surface area contributed by atoms with E-state index in [2.05, 4.69) is 11.6 Å². The van der Waals surface area contributed by atoms with Gasteiger partial charge in [0.2, 0.25) is 5.95 Å². The van der Waals surface area contributed by atoms with Crippen LogP contribution in [0.25, 0.3) is 0 Å². The molecule has 1 aromatic heterocycles. The fourth-order valence-electron chi connectivity index (χ4n) is 1.23. The van der Waals surface area contributed by atoms with Crippen LogP contribution < -0.4 is 0 Å². The van der Waals surface area contributed by atoms with Crippen molar-refractivity contribution in [2.24, 2.45) is 0 Å². The monoisotopic (exact) mass is 208 g/mol. The van der Waals surface area contributed by atoms with Crippen LogP contribution in [0.15, 0.2) is 30.5 Å². The Bertz CT molecular complexity index is 390. The Labute approximate surface area is 88.2 Å². The summed E-state index contributed by atoms with van der Waals surface area (Å²) in [6, 6.07) is 2.95. The molecule has 0 unspecified atom stereocenters. The summed E-state index contributed by atoms with van der Waals surface area (Å²) in [4.78, 5) is 16.5. The zero-order valence-corrected chi connectivity index (χ0v) is 8.83. The molecule has 1 amide bonds. The van der Waals surface area contributed by atoms with Crippen molar-refractivity contribution in [1.82, 2.24) is 9.88 Å². The Morgan fingerprint density at radius 1 is 1.67 bits per heavy atom. The smallest absolute Gasteiger partial charge is 0.258 e. The Morgan fingerprint density at radius 2 is 2.33 bits per heavy atom. The fourth-order valence-corrected chi connectivity index (χ4v) is 1.23. The molecule has 0 saturated heterocycles. The van der Waals surface area contributed by atoms with E-state index in [0.717, 1.165) is 5.57 Å². The van der Waals surface area contributed by atoms with E-state index >= 15 is 0 Å². The molecule has 0 saturated carbocycles. The summed E-state index contributed by atoms with van der Waals surface area (Å²) in [5.41, 5.74) is 0.830. The van der Waals surface area contributed by atoms with Crippen LogP contribution in [0.3, 0.4) is 0 Å². The highest BCUT2D eigenvalue weighted by atomic mass is 19.1. The predicted octanol–water partition coefficient (Wildman–Crippen LogP) is 1.87. The van der Waals surface area contributed by atoms with Gasteiger partial charge in [0.25, 0.3) is 5.91 Å². The molecule has 1 aromatic rings. The predicted molar refractivity (Wildman–Crippen MR) is 56.0 cm³/mol. The summed E-state index contributed by atoms with van der Waals surface area (Å²) in [6.45, 7) is 5.91. The molecule has 15 heavy (non-hydrogen) atoms. The van der Waals surface area contributed by atoms with Crippen LogP contribution in [0.4, 0.5) is 4.39 Å². The highest BCUT2D eigenvalue weighted by Crippen LogP contribution is 2.07. The number of hydrogen-bond acceptors (Lipinski definition) is 2. The summed E-state index contributed by atoms with van der Waals surface area (Å²) in [7, 11) is 1.60. The summed E-state index contributed by atoms with van der Waals surface area (Å²) in [5, 5.41) is 0. The Hall–Kier alpha value is -1.71. The molecule has 4 heteroatoms. The second-order valence-corrected chi connectivity index (χ2v) is 3.46. The first-order valence-corrected chi connectivity index (χ1v) is 4.52. The third kappa shape index (κ3) is 2.87. The molecule has 0 radical (unpaired) electrons. The van der Waals surface area contributed by atoms with Crippen LogP contribution in [-0.2, 0) is 0 Å². The number of halogens is 1. The van der Waals surface area contributed by atoms with E-state index < -0.39 is 5.95 Å². The minimum absolute atomic E-state index is 0.0127. The van der Waals surface area contributed by atoms with Crippen LogP contribution in [0.1, 0.15) is 17.3 Å². The van der Waals surface area contributed by atoms with Crippen molar-refractivity contribution >= 4 is 5.91 Å². The van der Waals surface area contributed by atoms with Crippen LogP contribution in [-0.4, -0.2) is 29.4 Å². The molecule has 0 aliphatic rings. The zero-order chi connectivity index (χ0) is 11.4. The van der Waals surface area contributed by atoms with Gasteiger partial charge in [0.1, 0.15) is 0 Å². The normalized spacial score (nSPS) is 9.80. The second kappa shape index (κ2) is 4.68. The number of rotatable bonds is 3. The number of aromatic nitrogens is 1. The highest BCUT2D eigenvalue weighted by Gasteiger charge is 2.15. The SMILES string of the molecule is C=C(C)CN(C)C(=O)c1cccnc1F. The third-order valence-electron chi connectivity index (χ3n) is 1.84. The van der Waals surface area contributed by atoms with Gasteiger partial charge in [-0.1, -0.05) is 12.2 Å². The minimum atomic E-state index is -0.740. The summed E-state index contributed by atoms with van der Waals surface area (Å²) < 4.78 is 13.2. The molecule has 0 atom stereocenters. The number of likely N-dealkylation sites (N-methyl/N-ethyl adjacent to an activating group) is 1. The number of pyridine rings is 1. The average Bonchev–Trinajstić information content (AvgIpc) is 2.16. The average molecular weight is 208 g/mol. The summed E-state index contributed by atoms with van der Waals surface area (Å²) >= 11 is 0. The van der Waals surface area contributed by atoms with Crippen LogP contribution in [0.5, 0.6) is 0 Å². The maximum absolute atomic E-state index is 13.2. The van der Waals surface area contributed by atoms with Crippen LogP contribution in [0.2, 0.25) is 0 Å². The molecular weight excluding hydrogens is 195 g/mol. The fraction of sp³-hybridized carbons (Fsp3) is 0.273. The Morgan fingerprint density at radius 3 is 2.87 bits per heavy atom. The van der Waals surface area contributed by atoms with Gasteiger partial charge in [0.05, 0.1) is 5.56 Å². The van der Waals surface area contributed by atoms with E-state index in [1.165, 1.54) is 23.2 Å². The van der Waals surface area contributed by atoms with Gasteiger partial charge >= 0.3 is 0 Å². The molecule has 80 valence electrons. The number of nitrogens with zero attached hydrogens (tertiary/aromatic N) is 2.